The third kappa shape index (κ3) is 2.92. The van der Waals surface area contributed by atoms with Gasteiger partial charge in [0.05, 0.1) is 10.5 Å². The summed E-state index contributed by atoms with van der Waals surface area (Å²) in [5.74, 6) is -0.626. The molecule has 0 radical (unpaired) electrons. The van der Waals surface area contributed by atoms with Crippen LogP contribution in [-0.2, 0) is 6.54 Å². The van der Waals surface area contributed by atoms with E-state index in [1.807, 2.05) is 29.0 Å². The summed E-state index contributed by atoms with van der Waals surface area (Å²) in [6, 6.07) is 6.21. The molecule has 0 bridgehead atoms. The van der Waals surface area contributed by atoms with Crippen LogP contribution in [0.2, 0.25) is 0 Å². The van der Waals surface area contributed by atoms with Gasteiger partial charge >= 0.3 is 5.97 Å². The zero-order valence-electron chi connectivity index (χ0n) is 13.1. The van der Waals surface area contributed by atoms with Gasteiger partial charge in [-0.3, -0.25) is 4.90 Å². The van der Waals surface area contributed by atoms with E-state index in [4.69, 9.17) is 5.11 Å². The second kappa shape index (κ2) is 6.33. The van der Waals surface area contributed by atoms with Gasteiger partial charge in [0.15, 0.2) is 5.69 Å². The van der Waals surface area contributed by atoms with Gasteiger partial charge in [0, 0.05) is 36.8 Å². The Labute approximate surface area is 143 Å². The number of thiazole rings is 1. The second-order valence-electron chi connectivity index (χ2n) is 6.14. The van der Waals surface area contributed by atoms with Crippen molar-refractivity contribution in [2.24, 2.45) is 0 Å². The Bertz CT molecular complexity index is 872. The number of aromatic nitrogens is 3. The zero-order valence-corrected chi connectivity index (χ0v) is 13.9. The number of nitrogens with zero attached hydrogens (tertiary/aromatic N) is 4. The monoisotopic (exact) mass is 342 g/mol. The van der Waals surface area contributed by atoms with Crippen molar-refractivity contribution in [3.8, 4) is 0 Å². The largest absolute Gasteiger partial charge is 0.476 e. The van der Waals surface area contributed by atoms with Crippen LogP contribution in [0.4, 0.5) is 0 Å². The minimum Gasteiger partial charge on any atom is -0.476 e. The first kappa shape index (κ1) is 15.3. The number of fused-ring (bicyclic) bond motifs is 1. The summed E-state index contributed by atoms with van der Waals surface area (Å²) in [5.41, 5.74) is 2.57. The van der Waals surface area contributed by atoms with E-state index in [2.05, 4.69) is 21.0 Å². The van der Waals surface area contributed by atoms with Crippen LogP contribution in [0.1, 0.15) is 39.8 Å². The molecule has 4 heterocycles. The van der Waals surface area contributed by atoms with Crippen LogP contribution >= 0.6 is 11.3 Å². The normalized spacial score (nSPS) is 18.9. The third-order valence-corrected chi connectivity index (χ3v) is 5.52. The molecule has 0 aromatic carbocycles. The average molecular weight is 342 g/mol. The number of carboxylic acids is 1. The molecule has 1 aliphatic heterocycles. The molecule has 3 aromatic rings. The van der Waals surface area contributed by atoms with Crippen LogP contribution in [0.3, 0.4) is 0 Å². The fourth-order valence-electron chi connectivity index (χ4n) is 3.36. The highest BCUT2D eigenvalue weighted by molar-refractivity contribution is 7.09. The lowest BCUT2D eigenvalue weighted by molar-refractivity contribution is 0.0691. The quantitative estimate of drug-likeness (QED) is 0.789. The van der Waals surface area contributed by atoms with Gasteiger partial charge in [0.1, 0.15) is 0 Å². The Morgan fingerprint density at radius 2 is 2.33 bits per heavy atom. The van der Waals surface area contributed by atoms with Gasteiger partial charge < -0.3 is 5.11 Å². The molecular formula is C17H18N4O2S. The summed E-state index contributed by atoms with van der Waals surface area (Å²) in [5, 5.41) is 15.9. The number of rotatable bonds is 4. The molecule has 0 saturated carbocycles. The van der Waals surface area contributed by atoms with Gasteiger partial charge in [-0.1, -0.05) is 6.07 Å². The van der Waals surface area contributed by atoms with Gasteiger partial charge in [-0.25, -0.2) is 14.3 Å². The van der Waals surface area contributed by atoms with Gasteiger partial charge in [-0.05, 0) is 37.1 Å². The van der Waals surface area contributed by atoms with Crippen LogP contribution < -0.4 is 0 Å². The van der Waals surface area contributed by atoms with E-state index in [1.54, 1.807) is 5.38 Å². The van der Waals surface area contributed by atoms with Crippen LogP contribution in [0.15, 0.2) is 36.0 Å². The summed E-state index contributed by atoms with van der Waals surface area (Å²) in [6.07, 6.45) is 5.96. The summed E-state index contributed by atoms with van der Waals surface area (Å²) in [6.45, 7) is 2.86. The van der Waals surface area contributed by atoms with E-state index >= 15 is 0 Å². The molecule has 0 amide bonds. The maximum absolute atomic E-state index is 11.0. The second-order valence-corrected chi connectivity index (χ2v) is 7.03. The van der Waals surface area contributed by atoms with E-state index in [9.17, 15) is 4.79 Å². The van der Waals surface area contributed by atoms with E-state index in [-0.39, 0.29) is 5.69 Å². The van der Waals surface area contributed by atoms with Crippen molar-refractivity contribution in [1.82, 2.24) is 19.5 Å². The van der Waals surface area contributed by atoms with E-state index in [0.717, 1.165) is 43.0 Å². The first-order valence-corrected chi connectivity index (χ1v) is 8.91. The molecule has 3 aromatic heterocycles. The number of carboxylic acid groups (broad SMARTS) is 1. The molecule has 4 rings (SSSR count). The highest BCUT2D eigenvalue weighted by Gasteiger charge is 2.25. The van der Waals surface area contributed by atoms with Crippen LogP contribution in [-0.4, -0.2) is 43.7 Å². The number of aromatic carboxylic acids is 1. The van der Waals surface area contributed by atoms with Crippen molar-refractivity contribution in [3.63, 3.8) is 0 Å². The van der Waals surface area contributed by atoms with Crippen molar-refractivity contribution in [1.29, 1.82) is 0 Å². The SMILES string of the molecule is O=C(O)c1csc(C2CCCN(Cc3cccn4nccc34)C2)n1. The topological polar surface area (TPSA) is 70.7 Å². The fraction of sp³-hybridized carbons (Fsp3) is 0.353. The highest BCUT2D eigenvalue weighted by atomic mass is 32.1. The minimum absolute atomic E-state index is 0.163. The molecule has 1 saturated heterocycles. The predicted octanol–water partition coefficient (Wildman–Crippen LogP) is 2.87. The molecule has 124 valence electrons. The molecular weight excluding hydrogens is 324 g/mol. The molecule has 0 aliphatic carbocycles. The number of hydrogen-bond acceptors (Lipinski definition) is 5. The first-order valence-electron chi connectivity index (χ1n) is 8.03. The van der Waals surface area contributed by atoms with E-state index < -0.39 is 5.97 Å². The van der Waals surface area contributed by atoms with Crippen molar-refractivity contribution in [2.45, 2.75) is 25.3 Å². The molecule has 1 N–H and O–H groups in total. The molecule has 1 aliphatic rings. The molecule has 7 heteroatoms. The Kier molecular flexibility index (Phi) is 4.03. The van der Waals surface area contributed by atoms with Crippen LogP contribution in [0.25, 0.3) is 5.52 Å². The number of likely N-dealkylation sites (tertiary alicyclic amines) is 1. The Balaban J connectivity index is 1.50. The molecule has 6 nitrogen and oxygen atoms in total. The average Bonchev–Trinajstić information content (AvgIpc) is 3.25. The standard InChI is InChI=1S/C17H18N4O2S/c22-17(23)14-11-24-16(19-14)13-4-1-7-20(10-13)9-12-3-2-8-21-15(12)5-6-18-21/h2-3,5-6,8,11,13H,1,4,7,9-10H2,(H,22,23). The molecule has 1 fully saturated rings. The summed E-state index contributed by atoms with van der Waals surface area (Å²) < 4.78 is 1.90. The molecule has 0 spiro atoms. The minimum atomic E-state index is -0.947. The zero-order chi connectivity index (χ0) is 16.5. The van der Waals surface area contributed by atoms with Gasteiger partial charge in [-0.15, -0.1) is 11.3 Å². The Morgan fingerprint density at radius 3 is 3.17 bits per heavy atom. The fourth-order valence-corrected chi connectivity index (χ4v) is 4.28. The van der Waals surface area contributed by atoms with Crippen molar-refractivity contribution in [2.75, 3.05) is 13.1 Å². The number of pyridine rings is 1. The van der Waals surface area contributed by atoms with Gasteiger partial charge in [0.25, 0.3) is 0 Å². The van der Waals surface area contributed by atoms with Crippen molar-refractivity contribution < 1.29 is 9.90 Å². The number of hydrogen-bond donors (Lipinski definition) is 1. The summed E-state index contributed by atoms with van der Waals surface area (Å²) >= 11 is 1.46. The first-order chi connectivity index (χ1) is 11.7. The van der Waals surface area contributed by atoms with Crippen LogP contribution in [0, 0.1) is 0 Å². The van der Waals surface area contributed by atoms with Gasteiger partial charge in [0.2, 0.25) is 0 Å². The maximum atomic E-state index is 11.0. The van der Waals surface area contributed by atoms with E-state index in [1.165, 1.54) is 16.9 Å². The van der Waals surface area contributed by atoms with Crippen molar-refractivity contribution >= 4 is 22.8 Å². The molecule has 1 unspecified atom stereocenters. The molecule has 24 heavy (non-hydrogen) atoms. The Morgan fingerprint density at radius 1 is 1.42 bits per heavy atom. The lowest BCUT2D eigenvalue weighted by Gasteiger charge is -2.31. The highest BCUT2D eigenvalue weighted by Crippen LogP contribution is 2.30. The lowest BCUT2D eigenvalue weighted by atomic mass is 9.98. The molecule has 1 atom stereocenters. The number of piperidine rings is 1. The third-order valence-electron chi connectivity index (χ3n) is 4.51. The van der Waals surface area contributed by atoms with E-state index in [0.29, 0.717) is 5.92 Å². The Hall–Kier alpha value is -2.25. The maximum Gasteiger partial charge on any atom is 0.355 e. The number of carbonyl (C=O) groups is 1. The summed E-state index contributed by atoms with van der Waals surface area (Å²) in [7, 11) is 0. The van der Waals surface area contributed by atoms with Crippen LogP contribution in [0.5, 0.6) is 0 Å². The lowest BCUT2D eigenvalue weighted by Crippen LogP contribution is -2.34. The predicted molar refractivity (Wildman–Crippen MR) is 91.5 cm³/mol. The smallest absolute Gasteiger partial charge is 0.355 e. The van der Waals surface area contributed by atoms with Crippen molar-refractivity contribution in [3.05, 3.63) is 52.2 Å². The van der Waals surface area contributed by atoms with Gasteiger partial charge in [-0.2, -0.15) is 5.10 Å². The summed E-state index contributed by atoms with van der Waals surface area (Å²) in [4.78, 5) is 17.8.